The summed E-state index contributed by atoms with van der Waals surface area (Å²) in [6, 6.07) is 8.90. The Morgan fingerprint density at radius 2 is 1.73 bits per heavy atom. The SMILES string of the molecule is CC(C)(C)c1ccc(N2CCC(CCC(=O)O)CC2)cc1.[LiH]. The van der Waals surface area contributed by atoms with Crippen molar-refractivity contribution in [2.75, 3.05) is 18.0 Å². The van der Waals surface area contributed by atoms with E-state index in [4.69, 9.17) is 5.11 Å². The topological polar surface area (TPSA) is 40.5 Å². The zero-order valence-electron chi connectivity index (χ0n) is 13.4. The molecule has 0 spiro atoms. The van der Waals surface area contributed by atoms with Crippen LogP contribution in [0.5, 0.6) is 0 Å². The number of carboxylic acid groups (broad SMARTS) is 1. The summed E-state index contributed by atoms with van der Waals surface area (Å²) in [5.41, 5.74) is 2.85. The molecule has 1 N–H and O–H groups in total. The third-order valence-electron chi connectivity index (χ3n) is 4.48. The number of piperidine rings is 1. The molecule has 1 heterocycles. The average molecular weight is 297 g/mol. The van der Waals surface area contributed by atoms with E-state index < -0.39 is 5.97 Å². The van der Waals surface area contributed by atoms with E-state index in [1.165, 1.54) is 11.3 Å². The van der Waals surface area contributed by atoms with Gasteiger partial charge in [0.1, 0.15) is 0 Å². The van der Waals surface area contributed by atoms with E-state index >= 15 is 0 Å². The molecule has 4 heteroatoms. The van der Waals surface area contributed by atoms with Crippen LogP contribution in [0.25, 0.3) is 0 Å². The number of aliphatic carboxylic acids is 1. The van der Waals surface area contributed by atoms with Crippen LogP contribution in [-0.2, 0) is 10.2 Å². The zero-order valence-corrected chi connectivity index (χ0v) is 13.4. The number of carboxylic acids is 1. The van der Waals surface area contributed by atoms with Gasteiger partial charge in [-0.15, -0.1) is 0 Å². The van der Waals surface area contributed by atoms with Crippen molar-refractivity contribution in [2.45, 2.75) is 51.9 Å². The van der Waals surface area contributed by atoms with Crippen LogP contribution < -0.4 is 4.90 Å². The molecule has 0 saturated carbocycles. The third-order valence-corrected chi connectivity index (χ3v) is 4.48. The summed E-state index contributed by atoms with van der Waals surface area (Å²) in [4.78, 5) is 13.1. The fraction of sp³-hybridized carbons (Fsp3) is 0.611. The predicted molar refractivity (Wildman–Crippen MR) is 94.1 cm³/mol. The fourth-order valence-corrected chi connectivity index (χ4v) is 2.98. The van der Waals surface area contributed by atoms with Crippen LogP contribution in [0.15, 0.2) is 24.3 Å². The van der Waals surface area contributed by atoms with E-state index in [2.05, 4.69) is 49.9 Å². The van der Waals surface area contributed by atoms with Gasteiger partial charge >= 0.3 is 24.8 Å². The summed E-state index contributed by atoms with van der Waals surface area (Å²) in [5, 5.41) is 8.76. The molecule has 0 atom stereocenters. The number of rotatable bonds is 4. The molecule has 1 aliphatic heterocycles. The predicted octanol–water partition coefficient (Wildman–Crippen LogP) is 3.42. The number of hydrogen-bond acceptors (Lipinski definition) is 2. The minimum atomic E-state index is -0.671. The van der Waals surface area contributed by atoms with Crippen molar-refractivity contribution in [3.05, 3.63) is 29.8 Å². The molecule has 0 aromatic heterocycles. The Morgan fingerprint density at radius 1 is 1.18 bits per heavy atom. The van der Waals surface area contributed by atoms with Gasteiger partial charge in [-0.25, -0.2) is 0 Å². The Hall–Kier alpha value is -0.913. The summed E-state index contributed by atoms with van der Waals surface area (Å²) in [6.07, 6.45) is 3.35. The maximum absolute atomic E-state index is 10.6. The van der Waals surface area contributed by atoms with E-state index in [9.17, 15) is 4.79 Å². The first-order chi connectivity index (χ1) is 9.86. The Balaban J connectivity index is 0.00000242. The third kappa shape index (κ3) is 5.37. The second-order valence-corrected chi connectivity index (χ2v) is 7.16. The first kappa shape index (κ1) is 19.1. The number of nitrogens with zero attached hydrogens (tertiary/aromatic N) is 1. The monoisotopic (exact) mass is 297 g/mol. The molecule has 1 aliphatic rings. The van der Waals surface area contributed by atoms with Gasteiger partial charge < -0.3 is 10.0 Å². The zero-order chi connectivity index (χ0) is 15.5. The molecule has 1 aromatic carbocycles. The molecule has 0 unspecified atom stereocenters. The van der Waals surface area contributed by atoms with Gasteiger partial charge in [-0.05, 0) is 48.3 Å². The van der Waals surface area contributed by atoms with E-state index in [0.717, 1.165) is 32.4 Å². The molecule has 2 rings (SSSR count). The summed E-state index contributed by atoms with van der Waals surface area (Å²) in [6.45, 7) is 8.78. The summed E-state index contributed by atoms with van der Waals surface area (Å²) >= 11 is 0. The number of carbonyl (C=O) groups is 1. The van der Waals surface area contributed by atoms with Gasteiger partial charge in [0.2, 0.25) is 0 Å². The number of benzene rings is 1. The standard InChI is InChI=1S/C18H27NO2.Li.H/c1-18(2,3)15-5-7-16(8-6-15)19-12-10-14(11-13-19)4-9-17(20)21;;/h5-8,14H,4,9-13H2,1-3H3,(H,20,21);;. The molecular formula is C18H28LiNO2. The number of hydrogen-bond donors (Lipinski definition) is 1. The van der Waals surface area contributed by atoms with Gasteiger partial charge in [-0.3, -0.25) is 4.79 Å². The second-order valence-electron chi connectivity index (χ2n) is 7.16. The summed E-state index contributed by atoms with van der Waals surface area (Å²) < 4.78 is 0. The van der Waals surface area contributed by atoms with Crippen molar-refractivity contribution in [1.82, 2.24) is 0 Å². The molecule has 1 saturated heterocycles. The van der Waals surface area contributed by atoms with Crippen molar-refractivity contribution < 1.29 is 9.90 Å². The van der Waals surface area contributed by atoms with Crippen LogP contribution in [0.2, 0.25) is 0 Å². The molecule has 22 heavy (non-hydrogen) atoms. The van der Waals surface area contributed by atoms with Gasteiger partial charge in [0.25, 0.3) is 0 Å². The summed E-state index contributed by atoms with van der Waals surface area (Å²) in [7, 11) is 0. The first-order valence-corrected chi connectivity index (χ1v) is 7.93. The Labute approximate surface area is 146 Å². The van der Waals surface area contributed by atoms with E-state index in [1.807, 2.05) is 0 Å². The first-order valence-electron chi connectivity index (χ1n) is 7.93. The Bertz CT molecular complexity index is 471. The van der Waals surface area contributed by atoms with Crippen LogP contribution in [0.3, 0.4) is 0 Å². The molecule has 118 valence electrons. The van der Waals surface area contributed by atoms with Crippen LogP contribution in [-0.4, -0.2) is 43.0 Å². The Morgan fingerprint density at radius 3 is 2.18 bits per heavy atom. The van der Waals surface area contributed by atoms with E-state index in [1.54, 1.807) is 0 Å². The minimum absolute atomic E-state index is 0. The van der Waals surface area contributed by atoms with Crippen molar-refractivity contribution in [3.8, 4) is 0 Å². The second kappa shape index (κ2) is 8.08. The van der Waals surface area contributed by atoms with Gasteiger partial charge in [0, 0.05) is 25.2 Å². The quantitative estimate of drug-likeness (QED) is 0.866. The van der Waals surface area contributed by atoms with Crippen LogP contribution >= 0.6 is 0 Å². The molecular weight excluding hydrogens is 269 g/mol. The normalized spacial score (nSPS) is 16.2. The van der Waals surface area contributed by atoms with Crippen LogP contribution in [0.1, 0.15) is 52.0 Å². The van der Waals surface area contributed by atoms with Crippen molar-refractivity contribution in [3.63, 3.8) is 0 Å². The van der Waals surface area contributed by atoms with Gasteiger partial charge in [0.15, 0.2) is 0 Å². The van der Waals surface area contributed by atoms with Crippen LogP contribution in [0, 0.1) is 5.92 Å². The van der Waals surface area contributed by atoms with Crippen molar-refractivity contribution in [2.24, 2.45) is 5.92 Å². The van der Waals surface area contributed by atoms with Gasteiger partial charge in [-0.2, -0.15) is 0 Å². The van der Waals surface area contributed by atoms with Crippen molar-refractivity contribution in [1.29, 1.82) is 0 Å². The molecule has 1 fully saturated rings. The Kier molecular flexibility index (Phi) is 7.03. The molecule has 0 radical (unpaired) electrons. The average Bonchev–Trinajstić information content (AvgIpc) is 2.45. The fourth-order valence-electron chi connectivity index (χ4n) is 2.98. The van der Waals surface area contributed by atoms with Crippen molar-refractivity contribution >= 4 is 30.5 Å². The van der Waals surface area contributed by atoms with Gasteiger partial charge in [-0.1, -0.05) is 32.9 Å². The van der Waals surface area contributed by atoms with Gasteiger partial charge in [0.05, 0.1) is 0 Å². The van der Waals surface area contributed by atoms with E-state index in [0.29, 0.717) is 12.3 Å². The molecule has 0 aliphatic carbocycles. The maximum atomic E-state index is 10.6. The molecule has 3 nitrogen and oxygen atoms in total. The molecule has 0 amide bonds. The van der Waals surface area contributed by atoms with Crippen LogP contribution in [0.4, 0.5) is 5.69 Å². The van der Waals surface area contributed by atoms with E-state index in [-0.39, 0.29) is 24.3 Å². The molecule has 1 aromatic rings. The molecule has 0 bridgehead atoms. The number of anilines is 1. The summed E-state index contributed by atoms with van der Waals surface area (Å²) in [5.74, 6) is -0.0959.